The van der Waals surface area contributed by atoms with Gasteiger partial charge in [0.15, 0.2) is 11.5 Å². The number of amides is 1. The van der Waals surface area contributed by atoms with Crippen molar-refractivity contribution in [2.45, 2.75) is 0 Å². The molecule has 2 aromatic carbocycles. The zero-order chi connectivity index (χ0) is 20.0. The summed E-state index contributed by atoms with van der Waals surface area (Å²) in [6, 6.07) is 10.5. The molecular weight excluding hydrogens is 374 g/mol. The first-order valence-corrected chi connectivity index (χ1v) is 7.86. The molecule has 0 fully saturated rings. The lowest BCUT2D eigenvalue weighted by molar-refractivity contribution is -0.384. The van der Waals surface area contributed by atoms with Gasteiger partial charge >= 0.3 is 0 Å². The fourth-order valence-electron chi connectivity index (χ4n) is 2.19. The van der Waals surface area contributed by atoms with E-state index >= 15 is 0 Å². The van der Waals surface area contributed by atoms with Crippen molar-refractivity contribution in [2.75, 3.05) is 19.5 Å². The summed E-state index contributed by atoms with van der Waals surface area (Å²) in [7, 11) is 2.94. The first-order valence-electron chi connectivity index (χ1n) is 7.48. The van der Waals surface area contributed by atoms with Gasteiger partial charge in [0.05, 0.1) is 19.1 Å². The summed E-state index contributed by atoms with van der Waals surface area (Å²) >= 11 is 5.76. The van der Waals surface area contributed by atoms with Crippen LogP contribution < -0.4 is 14.8 Å². The quantitative estimate of drug-likeness (QED) is 0.349. The topological polar surface area (TPSA) is 114 Å². The Morgan fingerprint density at radius 1 is 1.22 bits per heavy atom. The van der Waals surface area contributed by atoms with E-state index in [1.165, 1.54) is 38.5 Å². The molecule has 0 radical (unpaired) electrons. The lowest BCUT2D eigenvalue weighted by Crippen LogP contribution is -2.13. The number of anilines is 1. The van der Waals surface area contributed by atoms with Gasteiger partial charge in [-0.05, 0) is 29.8 Å². The second-order valence-electron chi connectivity index (χ2n) is 5.16. The van der Waals surface area contributed by atoms with Gasteiger partial charge in [0.1, 0.15) is 16.7 Å². The Balaban J connectivity index is 2.29. The third-order valence-corrected chi connectivity index (χ3v) is 3.80. The number of nitro groups is 1. The highest BCUT2D eigenvalue weighted by molar-refractivity contribution is 6.32. The van der Waals surface area contributed by atoms with E-state index in [2.05, 4.69) is 5.32 Å². The molecule has 0 spiro atoms. The van der Waals surface area contributed by atoms with Crippen molar-refractivity contribution in [3.63, 3.8) is 0 Å². The molecule has 1 amide bonds. The monoisotopic (exact) mass is 387 g/mol. The van der Waals surface area contributed by atoms with Crippen molar-refractivity contribution in [2.24, 2.45) is 0 Å². The van der Waals surface area contributed by atoms with Crippen LogP contribution >= 0.6 is 11.6 Å². The van der Waals surface area contributed by atoms with Crippen molar-refractivity contribution >= 4 is 35.0 Å². The van der Waals surface area contributed by atoms with Gasteiger partial charge < -0.3 is 14.8 Å². The highest BCUT2D eigenvalue weighted by atomic mass is 35.5. The predicted octanol–water partition coefficient (Wildman–Crippen LogP) is 3.81. The Kier molecular flexibility index (Phi) is 6.36. The van der Waals surface area contributed by atoms with Crippen molar-refractivity contribution in [1.29, 1.82) is 5.26 Å². The third-order valence-electron chi connectivity index (χ3n) is 3.48. The summed E-state index contributed by atoms with van der Waals surface area (Å²) in [5.74, 6) is 0.216. The molecule has 0 saturated carbocycles. The molecular formula is C18H14ClN3O5. The maximum Gasteiger partial charge on any atom is 0.288 e. The van der Waals surface area contributed by atoms with Crippen LogP contribution in [0.3, 0.4) is 0 Å². The van der Waals surface area contributed by atoms with Gasteiger partial charge in [-0.2, -0.15) is 5.26 Å². The molecule has 0 aromatic heterocycles. The number of methoxy groups -OCH3 is 2. The Bertz CT molecular complexity index is 966. The molecule has 0 heterocycles. The number of carbonyl (C=O) groups excluding carboxylic acids is 1. The summed E-state index contributed by atoms with van der Waals surface area (Å²) < 4.78 is 10.3. The Morgan fingerprint density at radius 2 is 1.93 bits per heavy atom. The SMILES string of the molecule is COc1ccc(NC(=O)/C(C#N)=C/c2ccc(Cl)c([N+](=O)[O-])c2)cc1OC. The fraction of sp³-hybridized carbons (Fsp3) is 0.111. The van der Waals surface area contributed by atoms with Crippen molar-refractivity contribution in [3.05, 3.63) is 62.7 Å². The normalized spacial score (nSPS) is 10.7. The molecule has 0 aliphatic heterocycles. The van der Waals surface area contributed by atoms with E-state index < -0.39 is 10.8 Å². The molecule has 0 bridgehead atoms. The molecule has 138 valence electrons. The molecule has 0 saturated heterocycles. The van der Waals surface area contributed by atoms with Crippen LogP contribution in [-0.2, 0) is 4.79 Å². The van der Waals surface area contributed by atoms with Crippen LogP contribution in [0.1, 0.15) is 5.56 Å². The van der Waals surface area contributed by atoms with Crippen molar-refractivity contribution in [1.82, 2.24) is 0 Å². The van der Waals surface area contributed by atoms with Gasteiger partial charge in [-0.1, -0.05) is 17.7 Å². The van der Waals surface area contributed by atoms with E-state index in [0.717, 1.165) is 0 Å². The molecule has 0 atom stereocenters. The number of ether oxygens (including phenoxy) is 2. The van der Waals surface area contributed by atoms with Crippen molar-refractivity contribution < 1.29 is 19.2 Å². The van der Waals surface area contributed by atoms with Crippen LogP contribution in [0.4, 0.5) is 11.4 Å². The summed E-state index contributed by atoms with van der Waals surface area (Å²) in [4.78, 5) is 22.7. The molecule has 0 aliphatic carbocycles. The molecule has 2 aromatic rings. The van der Waals surface area contributed by atoms with Gasteiger partial charge in [0.2, 0.25) is 0 Å². The summed E-state index contributed by atoms with van der Waals surface area (Å²) in [6.45, 7) is 0. The van der Waals surface area contributed by atoms with Crippen molar-refractivity contribution in [3.8, 4) is 17.6 Å². The smallest absolute Gasteiger partial charge is 0.288 e. The van der Waals surface area contributed by atoms with E-state index in [0.29, 0.717) is 22.7 Å². The summed E-state index contributed by atoms with van der Waals surface area (Å²) in [6.07, 6.45) is 1.24. The minimum atomic E-state index is -0.678. The summed E-state index contributed by atoms with van der Waals surface area (Å²) in [5, 5.41) is 22.7. The molecule has 2 rings (SSSR count). The minimum Gasteiger partial charge on any atom is -0.493 e. The first-order chi connectivity index (χ1) is 12.9. The zero-order valence-corrected chi connectivity index (χ0v) is 15.1. The van der Waals surface area contributed by atoms with Crippen LogP contribution in [0.2, 0.25) is 5.02 Å². The number of benzene rings is 2. The second kappa shape index (κ2) is 8.69. The lowest BCUT2D eigenvalue weighted by atomic mass is 10.1. The molecule has 8 nitrogen and oxygen atoms in total. The molecule has 0 unspecified atom stereocenters. The van der Waals surface area contributed by atoms with Gasteiger partial charge in [-0.15, -0.1) is 0 Å². The number of hydrogen-bond acceptors (Lipinski definition) is 6. The van der Waals surface area contributed by atoms with Gasteiger partial charge in [-0.3, -0.25) is 14.9 Å². The Labute approximate surface area is 159 Å². The van der Waals surface area contributed by atoms with E-state index in [1.807, 2.05) is 0 Å². The summed E-state index contributed by atoms with van der Waals surface area (Å²) in [5.41, 5.74) is 0.135. The largest absolute Gasteiger partial charge is 0.493 e. The van der Waals surface area contributed by atoms with Crippen LogP contribution in [0.5, 0.6) is 11.5 Å². The molecule has 1 N–H and O–H groups in total. The van der Waals surface area contributed by atoms with E-state index in [4.69, 9.17) is 21.1 Å². The highest BCUT2D eigenvalue weighted by Gasteiger charge is 2.15. The number of carbonyl (C=O) groups is 1. The number of halogens is 1. The number of nitrogens with one attached hydrogen (secondary N) is 1. The van der Waals surface area contributed by atoms with Crippen LogP contribution in [0.25, 0.3) is 6.08 Å². The van der Waals surface area contributed by atoms with Gasteiger partial charge in [-0.25, -0.2) is 0 Å². The molecule has 0 aliphatic rings. The predicted molar refractivity (Wildman–Crippen MR) is 99.9 cm³/mol. The second-order valence-corrected chi connectivity index (χ2v) is 5.57. The van der Waals surface area contributed by atoms with E-state index in [-0.39, 0.29) is 16.3 Å². The maximum absolute atomic E-state index is 12.4. The van der Waals surface area contributed by atoms with Crippen LogP contribution in [0, 0.1) is 21.4 Å². The number of rotatable bonds is 6. The third kappa shape index (κ3) is 4.74. The van der Waals surface area contributed by atoms with Crippen LogP contribution in [-0.4, -0.2) is 25.1 Å². The number of nitrogens with zero attached hydrogens (tertiary/aromatic N) is 2. The minimum absolute atomic E-state index is 0.0366. The maximum atomic E-state index is 12.4. The Hall–Kier alpha value is -3.57. The lowest BCUT2D eigenvalue weighted by Gasteiger charge is -2.10. The average molecular weight is 388 g/mol. The molecule has 27 heavy (non-hydrogen) atoms. The number of nitro benzene ring substituents is 1. The average Bonchev–Trinajstić information content (AvgIpc) is 2.66. The van der Waals surface area contributed by atoms with Gasteiger partial charge in [0, 0.05) is 17.8 Å². The zero-order valence-electron chi connectivity index (χ0n) is 14.4. The standard InChI is InChI=1S/C18H14ClN3O5/c1-26-16-6-4-13(9-17(16)27-2)21-18(23)12(10-20)7-11-3-5-14(19)15(8-11)22(24)25/h3-9H,1-2H3,(H,21,23)/b12-7+. The number of hydrogen-bond donors (Lipinski definition) is 1. The first kappa shape index (κ1) is 19.8. The number of nitriles is 1. The van der Waals surface area contributed by atoms with E-state index in [1.54, 1.807) is 24.3 Å². The van der Waals surface area contributed by atoms with Crippen LogP contribution in [0.15, 0.2) is 42.0 Å². The molecule has 9 heteroatoms. The fourth-order valence-corrected chi connectivity index (χ4v) is 2.37. The van der Waals surface area contributed by atoms with Gasteiger partial charge in [0.25, 0.3) is 11.6 Å². The Morgan fingerprint density at radius 3 is 2.52 bits per heavy atom. The highest BCUT2D eigenvalue weighted by Crippen LogP contribution is 2.30. The van der Waals surface area contributed by atoms with E-state index in [9.17, 15) is 20.2 Å².